The highest BCUT2D eigenvalue weighted by Gasteiger charge is 2.22. The molecule has 0 spiro atoms. The molecule has 1 aromatic heterocycles. The van der Waals surface area contributed by atoms with E-state index in [1.807, 2.05) is 0 Å². The third-order valence-corrected chi connectivity index (χ3v) is 2.27. The Kier molecular flexibility index (Phi) is 4.45. The van der Waals surface area contributed by atoms with E-state index in [1.165, 1.54) is 4.68 Å². The van der Waals surface area contributed by atoms with Gasteiger partial charge in [0.2, 0.25) is 0 Å². The molecule has 90 valence electrons. The van der Waals surface area contributed by atoms with Gasteiger partial charge in [-0.3, -0.25) is 4.68 Å². The Hall–Kier alpha value is -1.40. The van der Waals surface area contributed by atoms with Crippen LogP contribution < -0.4 is 5.73 Å². The molecule has 1 aromatic rings. The highest BCUT2D eigenvalue weighted by atomic mass is 16.5. The van der Waals surface area contributed by atoms with Gasteiger partial charge in [0, 0.05) is 31.3 Å². The maximum Gasteiger partial charge on any atom is 0.359 e. The third-order valence-electron chi connectivity index (χ3n) is 2.27. The van der Waals surface area contributed by atoms with Gasteiger partial charge in [-0.15, -0.1) is 0 Å². The topological polar surface area (TPSA) is 90.4 Å². The molecule has 6 heteroatoms. The zero-order valence-corrected chi connectivity index (χ0v) is 9.51. The third kappa shape index (κ3) is 2.59. The summed E-state index contributed by atoms with van der Waals surface area (Å²) in [6.45, 7) is 2.16. The van der Waals surface area contributed by atoms with E-state index in [-0.39, 0.29) is 24.8 Å². The van der Waals surface area contributed by atoms with Crippen molar-refractivity contribution in [3.05, 3.63) is 17.5 Å². The van der Waals surface area contributed by atoms with Crippen LogP contribution in [0.5, 0.6) is 0 Å². The largest absolute Gasteiger partial charge is 0.461 e. The van der Waals surface area contributed by atoms with Crippen LogP contribution in [-0.4, -0.2) is 40.6 Å². The van der Waals surface area contributed by atoms with Gasteiger partial charge >= 0.3 is 5.97 Å². The van der Waals surface area contributed by atoms with Crippen molar-refractivity contribution in [3.63, 3.8) is 0 Å². The van der Waals surface area contributed by atoms with Gasteiger partial charge in [-0.1, -0.05) is 0 Å². The SMILES string of the molecule is CCOC(=O)c1nn(C)cc1C(CN)CO. The summed E-state index contributed by atoms with van der Waals surface area (Å²) in [7, 11) is 1.71. The molecule has 0 saturated heterocycles. The Bertz CT molecular complexity index is 358. The fourth-order valence-corrected chi connectivity index (χ4v) is 1.46. The Morgan fingerprint density at radius 2 is 2.44 bits per heavy atom. The van der Waals surface area contributed by atoms with Crippen LogP contribution in [0.4, 0.5) is 0 Å². The van der Waals surface area contributed by atoms with E-state index in [0.717, 1.165) is 0 Å². The van der Waals surface area contributed by atoms with Gasteiger partial charge in [0.25, 0.3) is 0 Å². The average Bonchev–Trinajstić information content (AvgIpc) is 2.63. The van der Waals surface area contributed by atoms with Gasteiger partial charge in [-0.05, 0) is 6.92 Å². The zero-order chi connectivity index (χ0) is 12.1. The monoisotopic (exact) mass is 227 g/mol. The van der Waals surface area contributed by atoms with Crippen molar-refractivity contribution in [1.29, 1.82) is 0 Å². The molecule has 0 saturated carbocycles. The number of aliphatic hydroxyl groups excluding tert-OH is 1. The van der Waals surface area contributed by atoms with Crippen LogP contribution in [0.15, 0.2) is 6.20 Å². The number of rotatable bonds is 5. The minimum atomic E-state index is -0.481. The predicted octanol–water partition coefficient (Wildman–Crippen LogP) is -0.369. The maximum absolute atomic E-state index is 11.6. The quantitative estimate of drug-likeness (QED) is 0.670. The van der Waals surface area contributed by atoms with Crippen molar-refractivity contribution in [2.75, 3.05) is 19.8 Å². The fraction of sp³-hybridized carbons (Fsp3) is 0.600. The Morgan fingerprint density at radius 3 is 2.94 bits per heavy atom. The molecule has 16 heavy (non-hydrogen) atoms. The molecular weight excluding hydrogens is 210 g/mol. The number of carbonyl (C=O) groups excluding carboxylic acids is 1. The van der Waals surface area contributed by atoms with Crippen LogP contribution in [0.25, 0.3) is 0 Å². The first-order valence-corrected chi connectivity index (χ1v) is 5.15. The smallest absolute Gasteiger partial charge is 0.359 e. The molecule has 0 amide bonds. The molecule has 0 fully saturated rings. The molecule has 1 atom stereocenters. The number of hydrogen-bond acceptors (Lipinski definition) is 5. The predicted molar refractivity (Wildman–Crippen MR) is 58.0 cm³/mol. The summed E-state index contributed by atoms with van der Waals surface area (Å²) in [5.41, 5.74) is 6.38. The summed E-state index contributed by atoms with van der Waals surface area (Å²) in [6.07, 6.45) is 1.68. The second-order valence-electron chi connectivity index (χ2n) is 3.44. The summed E-state index contributed by atoms with van der Waals surface area (Å²) in [5.74, 6) is -0.766. The van der Waals surface area contributed by atoms with Crippen molar-refractivity contribution < 1.29 is 14.6 Å². The summed E-state index contributed by atoms with van der Waals surface area (Å²) >= 11 is 0. The number of esters is 1. The molecule has 0 aliphatic carbocycles. The van der Waals surface area contributed by atoms with Gasteiger partial charge in [-0.2, -0.15) is 5.10 Å². The molecular formula is C10H17N3O3. The number of aromatic nitrogens is 2. The number of nitrogens with zero attached hydrogens (tertiary/aromatic N) is 2. The lowest BCUT2D eigenvalue weighted by molar-refractivity contribution is 0.0516. The molecule has 0 aliphatic heterocycles. The van der Waals surface area contributed by atoms with Crippen molar-refractivity contribution in [2.24, 2.45) is 12.8 Å². The summed E-state index contributed by atoms with van der Waals surface area (Å²) < 4.78 is 6.40. The number of ether oxygens (including phenoxy) is 1. The van der Waals surface area contributed by atoms with Crippen LogP contribution in [0.2, 0.25) is 0 Å². The first-order chi connectivity index (χ1) is 7.63. The molecule has 1 rings (SSSR count). The number of nitrogens with two attached hydrogens (primary N) is 1. The maximum atomic E-state index is 11.6. The number of aryl methyl sites for hydroxylation is 1. The lowest BCUT2D eigenvalue weighted by Gasteiger charge is -2.10. The summed E-state index contributed by atoms with van der Waals surface area (Å²) in [5, 5.41) is 13.2. The minimum absolute atomic E-state index is 0.116. The van der Waals surface area contributed by atoms with E-state index in [2.05, 4.69) is 5.10 Å². The molecule has 1 heterocycles. The van der Waals surface area contributed by atoms with Gasteiger partial charge in [0.15, 0.2) is 5.69 Å². The first-order valence-electron chi connectivity index (χ1n) is 5.15. The molecule has 6 nitrogen and oxygen atoms in total. The standard InChI is InChI=1S/C10H17N3O3/c1-3-16-10(15)9-8(5-13(2)12-9)7(4-11)6-14/h5,7,14H,3-4,6,11H2,1-2H3. The normalized spacial score (nSPS) is 12.5. The van der Waals surface area contributed by atoms with Crippen LogP contribution >= 0.6 is 0 Å². The average molecular weight is 227 g/mol. The van der Waals surface area contributed by atoms with Crippen LogP contribution in [0.1, 0.15) is 28.9 Å². The number of aliphatic hydroxyl groups is 1. The Labute approximate surface area is 94.0 Å². The number of carbonyl (C=O) groups is 1. The van der Waals surface area contributed by atoms with Crippen molar-refractivity contribution >= 4 is 5.97 Å². The van der Waals surface area contributed by atoms with E-state index in [0.29, 0.717) is 12.2 Å². The summed E-state index contributed by atoms with van der Waals surface area (Å²) in [6, 6.07) is 0. The van der Waals surface area contributed by atoms with E-state index in [9.17, 15) is 4.79 Å². The summed E-state index contributed by atoms with van der Waals surface area (Å²) in [4.78, 5) is 11.6. The molecule has 0 aliphatic rings. The van der Waals surface area contributed by atoms with Crippen LogP contribution in [-0.2, 0) is 11.8 Å². The van der Waals surface area contributed by atoms with E-state index in [4.69, 9.17) is 15.6 Å². The second kappa shape index (κ2) is 5.62. The van der Waals surface area contributed by atoms with E-state index < -0.39 is 5.97 Å². The van der Waals surface area contributed by atoms with Gasteiger partial charge in [0.05, 0.1) is 13.2 Å². The molecule has 0 aromatic carbocycles. The molecule has 0 bridgehead atoms. The molecule has 0 radical (unpaired) electrons. The van der Waals surface area contributed by atoms with Gasteiger partial charge in [-0.25, -0.2) is 4.79 Å². The minimum Gasteiger partial charge on any atom is -0.461 e. The molecule has 3 N–H and O–H groups in total. The van der Waals surface area contributed by atoms with Crippen LogP contribution in [0.3, 0.4) is 0 Å². The Balaban J connectivity index is 3.03. The van der Waals surface area contributed by atoms with Gasteiger partial charge < -0.3 is 15.6 Å². The second-order valence-corrected chi connectivity index (χ2v) is 3.44. The van der Waals surface area contributed by atoms with Crippen LogP contribution in [0, 0.1) is 0 Å². The van der Waals surface area contributed by atoms with E-state index >= 15 is 0 Å². The Morgan fingerprint density at radius 1 is 1.75 bits per heavy atom. The van der Waals surface area contributed by atoms with Crippen molar-refractivity contribution in [3.8, 4) is 0 Å². The fourth-order valence-electron chi connectivity index (χ4n) is 1.46. The highest BCUT2D eigenvalue weighted by Crippen LogP contribution is 2.18. The van der Waals surface area contributed by atoms with Gasteiger partial charge in [0.1, 0.15) is 0 Å². The van der Waals surface area contributed by atoms with Crippen molar-refractivity contribution in [2.45, 2.75) is 12.8 Å². The zero-order valence-electron chi connectivity index (χ0n) is 9.51. The lowest BCUT2D eigenvalue weighted by Crippen LogP contribution is -2.19. The highest BCUT2D eigenvalue weighted by molar-refractivity contribution is 5.89. The number of hydrogen-bond donors (Lipinski definition) is 2. The lowest BCUT2D eigenvalue weighted by atomic mass is 10.0. The first kappa shape index (κ1) is 12.7. The molecule has 1 unspecified atom stereocenters. The van der Waals surface area contributed by atoms with Crippen molar-refractivity contribution in [1.82, 2.24) is 9.78 Å². The van der Waals surface area contributed by atoms with E-state index in [1.54, 1.807) is 20.2 Å².